The number of rotatable bonds is 3. The first-order chi connectivity index (χ1) is 22.4. The van der Waals surface area contributed by atoms with Crippen LogP contribution in [0.1, 0.15) is 55.5 Å². The zero-order valence-corrected chi connectivity index (χ0v) is 28.1. The van der Waals surface area contributed by atoms with Crippen LogP contribution in [0.4, 0.5) is 0 Å². The van der Waals surface area contributed by atoms with Crippen molar-refractivity contribution in [2.75, 3.05) is 0 Å². The molecule has 0 nitrogen and oxygen atoms in total. The summed E-state index contributed by atoms with van der Waals surface area (Å²) in [5, 5.41) is 0. The molecule has 0 saturated carbocycles. The molecule has 0 aliphatic heterocycles. The molecule has 0 aromatic heterocycles. The first-order valence-electron chi connectivity index (χ1n) is 16.0. The fourth-order valence-electron chi connectivity index (χ4n) is 6.26. The van der Waals surface area contributed by atoms with Gasteiger partial charge in [-0.05, 0) is 96.3 Å². The molecular formula is C46H46. The third-order valence-corrected chi connectivity index (χ3v) is 8.33. The minimum atomic E-state index is -0.264. The van der Waals surface area contributed by atoms with E-state index in [0.717, 1.165) is 0 Å². The molecule has 5 aromatic carbocycles. The lowest BCUT2D eigenvalue weighted by molar-refractivity contribution is 0.794. The van der Waals surface area contributed by atoms with E-state index in [0.29, 0.717) is 0 Å². The minimum Gasteiger partial charge on any atom is -0.0991 e. The fourth-order valence-corrected chi connectivity index (χ4v) is 6.26. The van der Waals surface area contributed by atoms with E-state index in [2.05, 4.69) is 142 Å². The standard InChI is InChI=1S/C32H22.C6H10.C4H8.C4H6/c1-21-14-16-22(17-15-21)23-18-19-27-26-10-4-7-13-30(26)32(31(27)20-23)28-11-5-2-8-24(28)25-9-3-6-12-29(25)32;1-4-5-6(2)3;2*1-3-4-2/h2-20H,1H3;4-5H,1H2,2-3H3;3-4H,1-2H3;3-4H,1-2H2/b;;4-3-;. The van der Waals surface area contributed by atoms with Crippen LogP contribution in [0.25, 0.3) is 33.4 Å². The Hall–Kier alpha value is -5.20. The number of benzene rings is 5. The van der Waals surface area contributed by atoms with Crippen LogP contribution in [0, 0.1) is 6.92 Å². The number of allylic oxidation sites excluding steroid dienone is 7. The van der Waals surface area contributed by atoms with Gasteiger partial charge >= 0.3 is 0 Å². The van der Waals surface area contributed by atoms with E-state index in [9.17, 15) is 0 Å². The van der Waals surface area contributed by atoms with Gasteiger partial charge in [-0.3, -0.25) is 0 Å². The largest absolute Gasteiger partial charge is 0.0991 e. The summed E-state index contributed by atoms with van der Waals surface area (Å²) >= 11 is 0. The molecule has 0 amide bonds. The molecule has 2 aliphatic carbocycles. The summed E-state index contributed by atoms with van der Waals surface area (Å²) in [6.07, 6.45) is 11.0. The van der Waals surface area contributed by atoms with Gasteiger partial charge in [0.1, 0.15) is 0 Å². The Morgan fingerprint density at radius 1 is 0.500 bits per heavy atom. The number of aryl methyl sites for hydroxylation is 1. The lowest BCUT2D eigenvalue weighted by Gasteiger charge is -2.30. The predicted molar refractivity (Wildman–Crippen MR) is 203 cm³/mol. The van der Waals surface area contributed by atoms with Gasteiger partial charge < -0.3 is 0 Å². The zero-order chi connectivity index (χ0) is 33.1. The average Bonchev–Trinajstić information content (AvgIpc) is 3.56. The Balaban J connectivity index is 0.000000292. The topological polar surface area (TPSA) is 0 Å². The molecular weight excluding hydrogens is 553 g/mol. The summed E-state index contributed by atoms with van der Waals surface area (Å²) < 4.78 is 0. The Morgan fingerprint density at radius 2 is 0.913 bits per heavy atom. The van der Waals surface area contributed by atoms with Crippen molar-refractivity contribution in [2.24, 2.45) is 0 Å². The summed E-state index contributed by atoms with van der Waals surface area (Å²) in [6.45, 7) is 20.5. The van der Waals surface area contributed by atoms with Gasteiger partial charge in [0.25, 0.3) is 0 Å². The fraction of sp³-hybridized carbons (Fsp3) is 0.130. The monoisotopic (exact) mass is 598 g/mol. The molecule has 230 valence electrons. The molecule has 0 saturated heterocycles. The predicted octanol–water partition coefficient (Wildman–Crippen LogP) is 13.1. The zero-order valence-electron chi connectivity index (χ0n) is 28.1. The molecule has 0 atom stereocenters. The molecule has 0 bridgehead atoms. The van der Waals surface area contributed by atoms with E-state index in [1.807, 2.05) is 45.9 Å². The summed E-state index contributed by atoms with van der Waals surface area (Å²) in [7, 11) is 0. The maximum atomic E-state index is 3.52. The third kappa shape index (κ3) is 6.58. The highest BCUT2D eigenvalue weighted by Crippen LogP contribution is 2.62. The van der Waals surface area contributed by atoms with Crippen LogP contribution in [0.5, 0.6) is 0 Å². The normalized spacial score (nSPS) is 11.9. The lowest BCUT2D eigenvalue weighted by Crippen LogP contribution is -2.25. The van der Waals surface area contributed by atoms with Gasteiger partial charge in [0.2, 0.25) is 0 Å². The van der Waals surface area contributed by atoms with Crippen molar-refractivity contribution in [3.63, 3.8) is 0 Å². The highest BCUT2D eigenvalue weighted by atomic mass is 14.5. The van der Waals surface area contributed by atoms with Gasteiger partial charge in [-0.2, -0.15) is 0 Å². The Morgan fingerprint density at radius 3 is 1.28 bits per heavy atom. The maximum absolute atomic E-state index is 3.52. The Bertz CT molecular complexity index is 1800. The second-order valence-electron chi connectivity index (χ2n) is 11.6. The quantitative estimate of drug-likeness (QED) is 0.140. The van der Waals surface area contributed by atoms with Crippen LogP contribution in [0.15, 0.2) is 177 Å². The molecule has 1 spiro atoms. The van der Waals surface area contributed by atoms with Gasteiger partial charge in [0.05, 0.1) is 5.41 Å². The van der Waals surface area contributed by atoms with Crippen LogP contribution in [-0.4, -0.2) is 0 Å². The van der Waals surface area contributed by atoms with Gasteiger partial charge in [-0.1, -0.05) is 177 Å². The molecule has 0 radical (unpaired) electrons. The summed E-state index contributed by atoms with van der Waals surface area (Å²) in [4.78, 5) is 0. The molecule has 0 unspecified atom stereocenters. The van der Waals surface area contributed by atoms with E-state index in [1.165, 1.54) is 66.8 Å². The molecule has 46 heavy (non-hydrogen) atoms. The highest BCUT2D eigenvalue weighted by Gasteiger charge is 2.51. The van der Waals surface area contributed by atoms with Crippen molar-refractivity contribution in [1.29, 1.82) is 0 Å². The number of hydrogen-bond donors (Lipinski definition) is 0. The summed E-state index contributed by atoms with van der Waals surface area (Å²) in [6, 6.07) is 42.9. The van der Waals surface area contributed by atoms with Gasteiger partial charge in [-0.25, -0.2) is 0 Å². The van der Waals surface area contributed by atoms with Gasteiger partial charge in [0, 0.05) is 0 Å². The van der Waals surface area contributed by atoms with Crippen LogP contribution in [-0.2, 0) is 5.41 Å². The van der Waals surface area contributed by atoms with Crippen molar-refractivity contribution < 1.29 is 0 Å². The highest BCUT2D eigenvalue weighted by molar-refractivity contribution is 5.95. The second-order valence-corrected chi connectivity index (χ2v) is 11.6. The van der Waals surface area contributed by atoms with Crippen LogP contribution >= 0.6 is 0 Å². The van der Waals surface area contributed by atoms with Gasteiger partial charge in [-0.15, -0.1) is 0 Å². The molecule has 5 aromatic rings. The molecule has 0 fully saturated rings. The van der Waals surface area contributed by atoms with E-state index in [-0.39, 0.29) is 5.41 Å². The van der Waals surface area contributed by atoms with Crippen molar-refractivity contribution in [3.05, 3.63) is 205 Å². The third-order valence-electron chi connectivity index (χ3n) is 8.33. The van der Waals surface area contributed by atoms with Crippen molar-refractivity contribution in [3.8, 4) is 33.4 Å². The van der Waals surface area contributed by atoms with Crippen molar-refractivity contribution in [1.82, 2.24) is 0 Å². The Labute approximate surface area is 277 Å². The lowest BCUT2D eigenvalue weighted by atomic mass is 9.70. The van der Waals surface area contributed by atoms with Crippen LogP contribution in [0.2, 0.25) is 0 Å². The SMILES string of the molecule is C/C=C\C.C=CC=C.C=CC=C(C)C.Cc1ccc(-c2ccc3c(c2)C2(c4ccccc4-c4ccccc42)c2ccccc2-3)cc1. The van der Waals surface area contributed by atoms with E-state index in [1.54, 1.807) is 18.2 Å². The molecule has 7 rings (SSSR count). The molecule has 0 N–H and O–H groups in total. The summed E-state index contributed by atoms with van der Waals surface area (Å²) in [5.41, 5.74) is 15.9. The molecule has 0 heterocycles. The second kappa shape index (κ2) is 15.7. The Kier molecular flexibility index (Phi) is 11.5. The van der Waals surface area contributed by atoms with Gasteiger partial charge in [0.15, 0.2) is 0 Å². The first-order valence-corrected chi connectivity index (χ1v) is 16.0. The average molecular weight is 599 g/mol. The molecule has 0 heteroatoms. The van der Waals surface area contributed by atoms with Crippen LogP contribution < -0.4 is 0 Å². The van der Waals surface area contributed by atoms with Crippen molar-refractivity contribution >= 4 is 0 Å². The summed E-state index contributed by atoms with van der Waals surface area (Å²) in [5.74, 6) is 0. The number of fused-ring (bicyclic) bond motifs is 10. The molecule has 2 aliphatic rings. The maximum Gasteiger partial charge on any atom is 0.0725 e. The van der Waals surface area contributed by atoms with Crippen molar-refractivity contribution in [2.45, 2.75) is 40.0 Å². The smallest absolute Gasteiger partial charge is 0.0725 e. The number of hydrogen-bond acceptors (Lipinski definition) is 0. The minimum absolute atomic E-state index is 0.264. The first kappa shape index (κ1) is 33.7. The van der Waals surface area contributed by atoms with E-state index in [4.69, 9.17) is 0 Å². The van der Waals surface area contributed by atoms with Crippen LogP contribution in [0.3, 0.4) is 0 Å². The van der Waals surface area contributed by atoms with E-state index >= 15 is 0 Å². The van der Waals surface area contributed by atoms with E-state index < -0.39 is 0 Å².